The molecule has 1 aromatic rings. The topological polar surface area (TPSA) is 58.3 Å². The second kappa shape index (κ2) is 6.18. The van der Waals surface area contributed by atoms with Gasteiger partial charge in [0.2, 0.25) is 0 Å². The minimum Gasteiger partial charge on any atom is -0.383 e. The number of hydrogen-bond donors (Lipinski definition) is 1. The lowest BCUT2D eigenvalue weighted by atomic mass is 10.0. The van der Waals surface area contributed by atoms with Crippen LogP contribution in [0.1, 0.15) is 45.5 Å². The average Bonchev–Trinajstić information content (AvgIpc) is 2.42. The number of nitrogen functional groups attached to an aromatic ring is 1. The van der Waals surface area contributed by atoms with E-state index < -0.39 is 0 Å². The molecule has 2 N–H and O–H groups in total. The lowest BCUT2D eigenvalue weighted by Gasteiger charge is -2.43. The Morgan fingerprint density at radius 3 is 2.24 bits per heavy atom. The highest BCUT2D eigenvalue weighted by molar-refractivity contribution is 5.56. The molecule has 2 heterocycles. The molecule has 0 spiro atoms. The van der Waals surface area contributed by atoms with Crippen molar-refractivity contribution in [3.05, 3.63) is 11.4 Å². The van der Waals surface area contributed by atoms with Crippen molar-refractivity contribution in [1.29, 1.82) is 0 Å². The van der Waals surface area contributed by atoms with Gasteiger partial charge in [-0.2, -0.15) is 0 Å². The first-order valence-corrected chi connectivity index (χ1v) is 7.96. The number of nitrogens with two attached hydrogens (primary N) is 1. The summed E-state index contributed by atoms with van der Waals surface area (Å²) in [6, 6.07) is 0. The minimum atomic E-state index is 0.235. The Kier molecular flexibility index (Phi) is 4.71. The smallest absolute Gasteiger partial charge is 0.137 e. The van der Waals surface area contributed by atoms with Crippen LogP contribution < -0.4 is 10.6 Å². The van der Waals surface area contributed by atoms with E-state index in [1.165, 1.54) is 0 Å². The van der Waals surface area contributed by atoms with Crippen molar-refractivity contribution in [1.82, 2.24) is 14.9 Å². The molecule has 1 aromatic heterocycles. The maximum Gasteiger partial charge on any atom is 0.137 e. The van der Waals surface area contributed by atoms with Crippen LogP contribution in [0.5, 0.6) is 0 Å². The first kappa shape index (κ1) is 16.0. The third-order valence-electron chi connectivity index (χ3n) is 4.21. The van der Waals surface area contributed by atoms with Gasteiger partial charge in [-0.25, -0.2) is 9.97 Å². The molecule has 1 saturated heterocycles. The van der Waals surface area contributed by atoms with Gasteiger partial charge in [0.15, 0.2) is 0 Å². The van der Waals surface area contributed by atoms with E-state index in [0.717, 1.165) is 56.2 Å². The molecule has 0 bridgehead atoms. The molecule has 1 aliphatic rings. The van der Waals surface area contributed by atoms with Gasteiger partial charge in [-0.15, -0.1) is 0 Å². The van der Waals surface area contributed by atoms with Gasteiger partial charge in [0, 0.05) is 43.7 Å². The maximum absolute atomic E-state index is 6.07. The van der Waals surface area contributed by atoms with E-state index in [9.17, 15) is 0 Å². The zero-order valence-corrected chi connectivity index (χ0v) is 14.1. The number of nitrogens with zero attached hydrogens (tertiary/aromatic N) is 4. The summed E-state index contributed by atoms with van der Waals surface area (Å²) in [5.41, 5.74) is 7.32. The van der Waals surface area contributed by atoms with E-state index in [0.29, 0.717) is 5.82 Å². The van der Waals surface area contributed by atoms with E-state index in [1.807, 2.05) is 6.92 Å². The number of piperazine rings is 1. The SMILES string of the molecule is CCCc1nc(N)c(C)c(N2CCN(C(C)(C)C)CC2)n1. The highest BCUT2D eigenvalue weighted by Crippen LogP contribution is 2.25. The number of hydrogen-bond acceptors (Lipinski definition) is 5. The zero-order valence-electron chi connectivity index (χ0n) is 14.1. The molecule has 2 rings (SSSR count). The lowest BCUT2D eigenvalue weighted by molar-refractivity contribution is 0.128. The summed E-state index contributed by atoms with van der Waals surface area (Å²) in [4.78, 5) is 14.0. The van der Waals surface area contributed by atoms with Gasteiger partial charge in [-0.05, 0) is 34.1 Å². The number of anilines is 2. The Hall–Kier alpha value is -1.36. The van der Waals surface area contributed by atoms with Gasteiger partial charge in [0.25, 0.3) is 0 Å². The molecule has 5 nitrogen and oxygen atoms in total. The summed E-state index contributed by atoms with van der Waals surface area (Å²) in [6.07, 6.45) is 1.93. The fourth-order valence-electron chi connectivity index (χ4n) is 2.80. The van der Waals surface area contributed by atoms with E-state index >= 15 is 0 Å². The van der Waals surface area contributed by atoms with Gasteiger partial charge >= 0.3 is 0 Å². The molecule has 118 valence electrons. The van der Waals surface area contributed by atoms with Gasteiger partial charge in [0.1, 0.15) is 17.5 Å². The van der Waals surface area contributed by atoms with Crippen LogP contribution in [0.4, 0.5) is 11.6 Å². The van der Waals surface area contributed by atoms with Gasteiger partial charge in [-0.3, -0.25) is 4.90 Å². The summed E-state index contributed by atoms with van der Waals surface area (Å²) in [5.74, 6) is 2.52. The van der Waals surface area contributed by atoms with Crippen molar-refractivity contribution < 1.29 is 0 Å². The van der Waals surface area contributed by atoms with Crippen molar-refractivity contribution in [2.45, 2.75) is 53.0 Å². The van der Waals surface area contributed by atoms with Crippen LogP contribution in [0.15, 0.2) is 0 Å². The molecule has 0 unspecified atom stereocenters. The minimum absolute atomic E-state index is 0.235. The highest BCUT2D eigenvalue weighted by atomic mass is 15.3. The molecule has 0 radical (unpaired) electrons. The molecule has 1 aliphatic heterocycles. The largest absolute Gasteiger partial charge is 0.383 e. The highest BCUT2D eigenvalue weighted by Gasteiger charge is 2.27. The van der Waals surface area contributed by atoms with E-state index in [2.05, 4.69) is 42.5 Å². The third-order valence-corrected chi connectivity index (χ3v) is 4.21. The van der Waals surface area contributed by atoms with Crippen LogP contribution in [-0.4, -0.2) is 46.6 Å². The molecule has 0 atom stereocenters. The van der Waals surface area contributed by atoms with Gasteiger partial charge in [-0.1, -0.05) is 6.92 Å². The number of aromatic nitrogens is 2. The second-order valence-corrected chi connectivity index (χ2v) is 6.87. The Labute approximate surface area is 128 Å². The van der Waals surface area contributed by atoms with E-state index in [1.54, 1.807) is 0 Å². The third kappa shape index (κ3) is 3.64. The van der Waals surface area contributed by atoms with Crippen molar-refractivity contribution in [3.8, 4) is 0 Å². The number of aryl methyl sites for hydroxylation is 1. The van der Waals surface area contributed by atoms with Gasteiger partial charge < -0.3 is 10.6 Å². The first-order valence-electron chi connectivity index (χ1n) is 7.96. The zero-order chi connectivity index (χ0) is 15.6. The standard InChI is InChI=1S/C16H29N5/c1-6-7-13-18-14(17)12(2)15(19-13)20-8-10-21(11-9-20)16(3,4)5/h6-11H2,1-5H3,(H2,17,18,19). The number of rotatable bonds is 3. The molecule has 21 heavy (non-hydrogen) atoms. The molecular weight excluding hydrogens is 262 g/mol. The predicted molar refractivity (Wildman–Crippen MR) is 88.7 cm³/mol. The lowest BCUT2D eigenvalue weighted by Crippen LogP contribution is -2.53. The quantitative estimate of drug-likeness (QED) is 0.925. The van der Waals surface area contributed by atoms with Crippen LogP contribution >= 0.6 is 0 Å². The predicted octanol–water partition coefficient (Wildman–Crippen LogP) is 2.24. The summed E-state index contributed by atoms with van der Waals surface area (Å²) < 4.78 is 0. The summed E-state index contributed by atoms with van der Waals surface area (Å²) in [5, 5.41) is 0. The maximum atomic E-state index is 6.07. The Morgan fingerprint density at radius 1 is 1.10 bits per heavy atom. The first-order chi connectivity index (χ1) is 9.82. The summed E-state index contributed by atoms with van der Waals surface area (Å²) >= 11 is 0. The van der Waals surface area contributed by atoms with Crippen LogP contribution in [-0.2, 0) is 6.42 Å². The van der Waals surface area contributed by atoms with Crippen LogP contribution in [0, 0.1) is 6.92 Å². The summed E-state index contributed by atoms with van der Waals surface area (Å²) in [7, 11) is 0. The molecule has 0 aliphatic carbocycles. The molecule has 5 heteroatoms. The fourth-order valence-corrected chi connectivity index (χ4v) is 2.80. The fraction of sp³-hybridized carbons (Fsp3) is 0.750. The van der Waals surface area contributed by atoms with Crippen molar-refractivity contribution in [2.75, 3.05) is 36.8 Å². The Morgan fingerprint density at radius 2 is 1.71 bits per heavy atom. The molecule has 1 fully saturated rings. The van der Waals surface area contributed by atoms with Crippen LogP contribution in [0.2, 0.25) is 0 Å². The van der Waals surface area contributed by atoms with Crippen molar-refractivity contribution in [2.24, 2.45) is 0 Å². The molecular formula is C16H29N5. The van der Waals surface area contributed by atoms with Crippen molar-refractivity contribution in [3.63, 3.8) is 0 Å². The second-order valence-electron chi connectivity index (χ2n) is 6.87. The summed E-state index contributed by atoms with van der Waals surface area (Å²) in [6.45, 7) is 15.1. The van der Waals surface area contributed by atoms with Crippen molar-refractivity contribution >= 4 is 11.6 Å². The Bertz CT molecular complexity index is 484. The van der Waals surface area contributed by atoms with E-state index in [-0.39, 0.29) is 5.54 Å². The van der Waals surface area contributed by atoms with E-state index in [4.69, 9.17) is 10.7 Å². The Balaban J connectivity index is 2.16. The normalized spacial score (nSPS) is 17.3. The van der Waals surface area contributed by atoms with Gasteiger partial charge in [0.05, 0.1) is 0 Å². The average molecular weight is 291 g/mol. The molecule has 0 saturated carbocycles. The van der Waals surface area contributed by atoms with Crippen LogP contribution in [0.3, 0.4) is 0 Å². The van der Waals surface area contributed by atoms with Crippen LogP contribution in [0.25, 0.3) is 0 Å². The monoisotopic (exact) mass is 291 g/mol. The molecule has 0 amide bonds. The molecule has 0 aromatic carbocycles.